The fourth-order valence-corrected chi connectivity index (χ4v) is 3.20. The molecule has 0 fully saturated rings. The molecule has 9 heteroatoms. The molecule has 124 valence electrons. The van der Waals surface area contributed by atoms with Crippen LogP contribution in [0.2, 0.25) is 0 Å². The lowest BCUT2D eigenvalue weighted by Gasteiger charge is -2.15. The van der Waals surface area contributed by atoms with E-state index in [4.69, 9.17) is 0 Å². The summed E-state index contributed by atoms with van der Waals surface area (Å²) in [5, 5.41) is 21.3. The van der Waals surface area contributed by atoms with E-state index in [1.165, 1.54) is 18.2 Å². The molecule has 8 nitrogen and oxygen atoms in total. The van der Waals surface area contributed by atoms with Gasteiger partial charge in [-0.25, -0.2) is 8.42 Å². The SMILES string of the molecule is Cc1cc(CC(C)Nc2cccc(S(C)(=O)=O)c2[N+](=O)[O-])n[nH]1. The molecule has 23 heavy (non-hydrogen) atoms. The molecular weight excluding hydrogens is 320 g/mol. The summed E-state index contributed by atoms with van der Waals surface area (Å²) < 4.78 is 23.5. The molecule has 1 aromatic heterocycles. The predicted molar refractivity (Wildman–Crippen MR) is 86.3 cm³/mol. The number of sulfone groups is 1. The minimum Gasteiger partial charge on any atom is -0.377 e. The molecule has 0 amide bonds. The van der Waals surface area contributed by atoms with Crippen molar-refractivity contribution in [3.63, 3.8) is 0 Å². The quantitative estimate of drug-likeness (QED) is 0.615. The molecule has 0 saturated carbocycles. The maximum Gasteiger partial charge on any atom is 0.310 e. The summed E-state index contributed by atoms with van der Waals surface area (Å²) >= 11 is 0. The Balaban J connectivity index is 2.30. The van der Waals surface area contributed by atoms with E-state index in [0.717, 1.165) is 17.6 Å². The van der Waals surface area contributed by atoms with Crippen LogP contribution in [0.4, 0.5) is 11.4 Å². The zero-order valence-electron chi connectivity index (χ0n) is 13.0. The topological polar surface area (TPSA) is 118 Å². The highest BCUT2D eigenvalue weighted by Crippen LogP contribution is 2.32. The molecule has 1 atom stereocenters. The first-order chi connectivity index (χ1) is 10.7. The number of nitrogens with zero attached hydrogens (tertiary/aromatic N) is 2. The number of anilines is 1. The van der Waals surface area contributed by atoms with Gasteiger partial charge in [0.2, 0.25) is 0 Å². The van der Waals surface area contributed by atoms with E-state index in [0.29, 0.717) is 6.42 Å². The van der Waals surface area contributed by atoms with Gasteiger partial charge in [0.1, 0.15) is 10.6 Å². The standard InChI is InChI=1S/C14H18N4O4S/c1-9(7-11-8-10(2)16-17-11)15-12-5-4-6-13(23(3,21)22)14(12)18(19)20/h4-6,8-9,15H,7H2,1-3H3,(H,16,17). The van der Waals surface area contributed by atoms with Gasteiger partial charge >= 0.3 is 5.69 Å². The van der Waals surface area contributed by atoms with Gasteiger partial charge in [-0.1, -0.05) is 6.07 Å². The minimum atomic E-state index is -3.69. The smallest absolute Gasteiger partial charge is 0.310 e. The summed E-state index contributed by atoms with van der Waals surface area (Å²) in [6.45, 7) is 3.73. The third-order valence-corrected chi connectivity index (χ3v) is 4.39. The van der Waals surface area contributed by atoms with Crippen molar-refractivity contribution in [3.05, 3.63) is 45.8 Å². The minimum absolute atomic E-state index is 0.161. The maximum atomic E-state index is 11.7. The molecule has 2 N–H and O–H groups in total. The van der Waals surface area contributed by atoms with Gasteiger partial charge in [0.15, 0.2) is 9.84 Å². The van der Waals surface area contributed by atoms with Gasteiger partial charge in [0.05, 0.1) is 10.6 Å². The van der Waals surface area contributed by atoms with Crippen molar-refractivity contribution < 1.29 is 13.3 Å². The highest BCUT2D eigenvalue weighted by atomic mass is 32.2. The predicted octanol–water partition coefficient (Wildman–Crippen LogP) is 2.07. The summed E-state index contributed by atoms with van der Waals surface area (Å²) in [5.41, 5.74) is 1.50. The summed E-state index contributed by atoms with van der Waals surface area (Å²) in [7, 11) is -3.69. The molecule has 2 aromatic rings. The number of aromatic amines is 1. The Kier molecular flexibility index (Phi) is 4.69. The Morgan fingerprint density at radius 2 is 2.13 bits per heavy atom. The van der Waals surface area contributed by atoms with Crippen LogP contribution < -0.4 is 5.32 Å². The van der Waals surface area contributed by atoms with Crippen LogP contribution in [0.1, 0.15) is 18.3 Å². The molecule has 1 aromatic carbocycles. The third-order valence-electron chi connectivity index (χ3n) is 3.26. The number of nitrogens with one attached hydrogen (secondary N) is 2. The van der Waals surface area contributed by atoms with Gasteiger partial charge in [-0.2, -0.15) is 5.10 Å². The Bertz CT molecular complexity index is 829. The average Bonchev–Trinajstić information content (AvgIpc) is 2.82. The lowest BCUT2D eigenvalue weighted by molar-refractivity contribution is -0.386. The fourth-order valence-electron chi connectivity index (χ4n) is 2.34. The number of nitro groups is 1. The van der Waals surface area contributed by atoms with Crippen LogP contribution in [0.25, 0.3) is 0 Å². The molecule has 0 bridgehead atoms. The third kappa shape index (κ3) is 4.07. The first-order valence-corrected chi connectivity index (χ1v) is 8.82. The Labute approximate surface area is 134 Å². The summed E-state index contributed by atoms with van der Waals surface area (Å²) in [6, 6.07) is 5.95. The van der Waals surface area contributed by atoms with Crippen LogP contribution in [-0.4, -0.2) is 35.8 Å². The van der Waals surface area contributed by atoms with Gasteiger partial charge < -0.3 is 5.32 Å². The second kappa shape index (κ2) is 6.37. The van der Waals surface area contributed by atoms with Crippen LogP contribution in [0.3, 0.4) is 0 Å². The van der Waals surface area contributed by atoms with Crippen LogP contribution in [0.5, 0.6) is 0 Å². The summed E-state index contributed by atoms with van der Waals surface area (Å²) in [6.07, 6.45) is 1.50. The molecule has 0 radical (unpaired) electrons. The van der Waals surface area contributed by atoms with E-state index in [1.54, 1.807) is 0 Å². The molecule has 0 aliphatic rings. The lowest BCUT2D eigenvalue weighted by atomic mass is 10.1. The van der Waals surface area contributed by atoms with Crippen molar-refractivity contribution in [1.29, 1.82) is 0 Å². The zero-order chi connectivity index (χ0) is 17.2. The maximum absolute atomic E-state index is 11.7. The second-order valence-corrected chi connectivity index (χ2v) is 7.46. The highest BCUT2D eigenvalue weighted by Gasteiger charge is 2.26. The van der Waals surface area contributed by atoms with E-state index in [1.807, 2.05) is 19.9 Å². The Morgan fingerprint density at radius 1 is 1.43 bits per heavy atom. The molecule has 1 unspecified atom stereocenters. The van der Waals surface area contributed by atoms with Gasteiger partial charge in [0, 0.05) is 24.4 Å². The van der Waals surface area contributed by atoms with E-state index in [9.17, 15) is 18.5 Å². The van der Waals surface area contributed by atoms with Crippen LogP contribution in [-0.2, 0) is 16.3 Å². The number of nitro benzene ring substituents is 1. The van der Waals surface area contributed by atoms with E-state index in [2.05, 4.69) is 15.5 Å². The summed E-state index contributed by atoms with van der Waals surface area (Å²) in [5.74, 6) is 0. The first-order valence-electron chi connectivity index (χ1n) is 6.93. The largest absolute Gasteiger partial charge is 0.377 e. The van der Waals surface area contributed by atoms with Gasteiger partial charge in [0.25, 0.3) is 0 Å². The number of para-hydroxylation sites is 1. The average molecular weight is 338 g/mol. The number of benzene rings is 1. The number of H-pyrrole nitrogens is 1. The van der Waals surface area contributed by atoms with Crippen LogP contribution >= 0.6 is 0 Å². The fraction of sp³-hybridized carbons (Fsp3) is 0.357. The number of hydrogen-bond donors (Lipinski definition) is 2. The van der Waals surface area contributed by atoms with Crippen molar-refractivity contribution in [2.75, 3.05) is 11.6 Å². The highest BCUT2D eigenvalue weighted by molar-refractivity contribution is 7.90. The Morgan fingerprint density at radius 3 is 2.65 bits per heavy atom. The molecule has 0 saturated heterocycles. The van der Waals surface area contributed by atoms with Crippen LogP contribution in [0, 0.1) is 17.0 Å². The summed E-state index contributed by atoms with van der Waals surface area (Å²) in [4.78, 5) is 10.3. The molecule has 0 spiro atoms. The lowest BCUT2D eigenvalue weighted by Crippen LogP contribution is -2.19. The van der Waals surface area contributed by atoms with Crippen molar-refractivity contribution in [1.82, 2.24) is 10.2 Å². The van der Waals surface area contributed by atoms with Gasteiger partial charge in [-0.15, -0.1) is 0 Å². The molecular formula is C14H18N4O4S. The monoisotopic (exact) mass is 338 g/mol. The molecule has 0 aliphatic heterocycles. The zero-order valence-corrected chi connectivity index (χ0v) is 13.8. The second-order valence-electron chi connectivity index (χ2n) is 5.47. The number of hydrogen-bond acceptors (Lipinski definition) is 6. The van der Waals surface area contributed by atoms with Gasteiger partial charge in [-0.05, 0) is 32.0 Å². The van der Waals surface area contributed by atoms with Crippen molar-refractivity contribution in [2.24, 2.45) is 0 Å². The van der Waals surface area contributed by atoms with Gasteiger partial charge in [-0.3, -0.25) is 15.2 Å². The Hall–Kier alpha value is -2.42. The van der Waals surface area contributed by atoms with E-state index < -0.39 is 20.4 Å². The van der Waals surface area contributed by atoms with Crippen molar-refractivity contribution >= 4 is 21.2 Å². The van der Waals surface area contributed by atoms with Crippen molar-refractivity contribution in [2.45, 2.75) is 31.2 Å². The number of aromatic nitrogens is 2. The molecule has 1 heterocycles. The van der Waals surface area contributed by atoms with E-state index >= 15 is 0 Å². The van der Waals surface area contributed by atoms with E-state index in [-0.39, 0.29) is 16.6 Å². The van der Waals surface area contributed by atoms with Crippen molar-refractivity contribution in [3.8, 4) is 0 Å². The molecule has 0 aliphatic carbocycles. The normalized spacial score (nSPS) is 12.8. The molecule has 2 rings (SSSR count). The number of rotatable bonds is 6. The van der Waals surface area contributed by atoms with Crippen LogP contribution in [0.15, 0.2) is 29.2 Å². The first kappa shape index (κ1) is 16.9. The number of aryl methyl sites for hydroxylation is 1.